The fraction of sp³-hybridized carbons (Fsp3) is 0.414. The lowest BCUT2D eigenvalue weighted by Gasteiger charge is -2.33. The molecule has 0 bridgehead atoms. The number of nitrogens with zero attached hydrogens (tertiary/aromatic N) is 3. The van der Waals surface area contributed by atoms with E-state index in [0.717, 1.165) is 60.6 Å². The largest absolute Gasteiger partial charge is 0.352 e. The first kappa shape index (κ1) is 22.7. The van der Waals surface area contributed by atoms with Crippen molar-refractivity contribution in [1.29, 1.82) is 0 Å². The van der Waals surface area contributed by atoms with Gasteiger partial charge in [-0.3, -0.25) is 9.69 Å². The number of aromatic nitrogens is 2. The highest BCUT2D eigenvalue weighted by molar-refractivity contribution is 5.82. The summed E-state index contributed by atoms with van der Waals surface area (Å²) in [6, 6.07) is 22.7. The topological polar surface area (TPSA) is 58.1 Å². The molecule has 1 aliphatic heterocycles. The molecule has 0 spiro atoms. The van der Waals surface area contributed by atoms with Crippen molar-refractivity contribution in [1.82, 2.24) is 20.2 Å². The predicted molar refractivity (Wildman–Crippen MR) is 135 cm³/mol. The van der Waals surface area contributed by atoms with Gasteiger partial charge in [0, 0.05) is 23.8 Å². The molecule has 1 aromatic heterocycles. The molecule has 1 amide bonds. The molecule has 5 rings (SSSR count). The molecule has 0 radical (unpaired) electrons. The second-order valence-electron chi connectivity index (χ2n) is 9.67. The molecular formula is C29H34N4O. The fourth-order valence-corrected chi connectivity index (χ4v) is 5.52. The number of rotatable bonds is 6. The average molecular weight is 455 g/mol. The summed E-state index contributed by atoms with van der Waals surface area (Å²) >= 11 is 0. The number of carbonyl (C=O) groups is 1. The summed E-state index contributed by atoms with van der Waals surface area (Å²) in [5.41, 5.74) is 4.07. The summed E-state index contributed by atoms with van der Waals surface area (Å²) in [6.45, 7) is 2.89. The number of aryl methyl sites for hydroxylation is 1. The van der Waals surface area contributed by atoms with E-state index < -0.39 is 0 Å². The number of amides is 1. The van der Waals surface area contributed by atoms with Crippen molar-refractivity contribution in [2.75, 3.05) is 6.54 Å². The molecule has 5 heteroatoms. The monoisotopic (exact) mass is 454 g/mol. The van der Waals surface area contributed by atoms with Gasteiger partial charge in [0.2, 0.25) is 5.91 Å². The zero-order valence-electron chi connectivity index (χ0n) is 20.0. The maximum atomic E-state index is 13.5. The third kappa shape index (κ3) is 5.05. The van der Waals surface area contributed by atoms with Gasteiger partial charge in [-0.1, -0.05) is 79.9 Å². The van der Waals surface area contributed by atoms with Gasteiger partial charge in [-0.15, -0.1) is 0 Å². The SMILES string of the molecule is Cc1cc(-c2ccccc2)nc([C@@H](c2ccccc2)N2CCC[C@H]2C(=O)NC2CCCCC2)n1. The standard InChI is InChI=1S/C29H34N4O/c1-21-20-25(22-12-5-2-6-13-22)32-28(30-21)27(23-14-7-3-8-15-23)33-19-11-18-26(33)29(34)31-24-16-9-4-10-17-24/h2-3,5-8,12-15,20,24,26-27H,4,9-11,16-19H2,1H3,(H,31,34)/t26-,27+/m0/s1. The van der Waals surface area contributed by atoms with Crippen molar-refractivity contribution in [3.63, 3.8) is 0 Å². The number of hydrogen-bond donors (Lipinski definition) is 1. The van der Waals surface area contributed by atoms with Crippen LogP contribution >= 0.6 is 0 Å². The van der Waals surface area contributed by atoms with Crippen LogP contribution in [0.4, 0.5) is 0 Å². The molecule has 2 aliphatic rings. The van der Waals surface area contributed by atoms with Crippen molar-refractivity contribution in [2.24, 2.45) is 0 Å². The van der Waals surface area contributed by atoms with Gasteiger partial charge in [0.05, 0.1) is 17.8 Å². The first-order valence-electron chi connectivity index (χ1n) is 12.7. The van der Waals surface area contributed by atoms with Gasteiger partial charge >= 0.3 is 0 Å². The van der Waals surface area contributed by atoms with Crippen molar-refractivity contribution < 1.29 is 4.79 Å². The zero-order chi connectivity index (χ0) is 23.3. The predicted octanol–water partition coefficient (Wildman–Crippen LogP) is 5.45. The van der Waals surface area contributed by atoms with Gasteiger partial charge < -0.3 is 5.32 Å². The minimum absolute atomic E-state index is 0.156. The second kappa shape index (κ2) is 10.5. The first-order chi connectivity index (χ1) is 16.7. The van der Waals surface area contributed by atoms with Crippen molar-refractivity contribution in [2.45, 2.75) is 70.0 Å². The lowest BCUT2D eigenvalue weighted by Crippen LogP contribution is -2.48. The van der Waals surface area contributed by atoms with E-state index in [2.05, 4.69) is 46.6 Å². The molecule has 176 valence electrons. The van der Waals surface area contributed by atoms with Gasteiger partial charge in [-0.25, -0.2) is 9.97 Å². The van der Waals surface area contributed by atoms with Gasteiger partial charge in [-0.2, -0.15) is 0 Å². The van der Waals surface area contributed by atoms with Crippen LogP contribution in [-0.2, 0) is 4.79 Å². The summed E-state index contributed by atoms with van der Waals surface area (Å²) in [7, 11) is 0. The zero-order valence-corrected chi connectivity index (χ0v) is 20.0. The summed E-state index contributed by atoms with van der Waals surface area (Å²) in [5.74, 6) is 0.934. The Morgan fingerprint density at radius 1 is 0.912 bits per heavy atom. The van der Waals surface area contributed by atoms with E-state index in [1.165, 1.54) is 19.3 Å². The van der Waals surface area contributed by atoms with E-state index in [1.807, 2.05) is 37.3 Å². The second-order valence-corrected chi connectivity index (χ2v) is 9.67. The van der Waals surface area contributed by atoms with Crippen LogP contribution < -0.4 is 5.32 Å². The smallest absolute Gasteiger partial charge is 0.237 e. The Morgan fingerprint density at radius 2 is 1.62 bits per heavy atom. The molecule has 34 heavy (non-hydrogen) atoms. The molecule has 5 nitrogen and oxygen atoms in total. The van der Waals surface area contributed by atoms with Gasteiger partial charge in [-0.05, 0) is 44.2 Å². The van der Waals surface area contributed by atoms with E-state index in [1.54, 1.807) is 0 Å². The molecule has 2 aromatic carbocycles. The van der Waals surface area contributed by atoms with Crippen LogP contribution in [-0.4, -0.2) is 39.4 Å². The molecule has 2 heterocycles. The van der Waals surface area contributed by atoms with Crippen molar-refractivity contribution in [3.05, 3.63) is 83.8 Å². The van der Waals surface area contributed by atoms with E-state index in [0.29, 0.717) is 6.04 Å². The molecule has 2 atom stereocenters. The van der Waals surface area contributed by atoms with Gasteiger partial charge in [0.1, 0.15) is 0 Å². The molecule has 1 aliphatic carbocycles. The number of benzene rings is 2. The van der Waals surface area contributed by atoms with E-state index in [-0.39, 0.29) is 18.0 Å². The van der Waals surface area contributed by atoms with Crippen LogP contribution in [0, 0.1) is 6.92 Å². The summed E-state index contributed by atoms with van der Waals surface area (Å²) < 4.78 is 0. The summed E-state index contributed by atoms with van der Waals surface area (Å²) in [5, 5.41) is 3.38. The molecule has 1 N–H and O–H groups in total. The van der Waals surface area contributed by atoms with Crippen LogP contribution in [0.3, 0.4) is 0 Å². The summed E-state index contributed by atoms with van der Waals surface area (Å²) in [4.78, 5) is 25.7. The number of nitrogens with one attached hydrogen (secondary N) is 1. The van der Waals surface area contributed by atoms with Crippen molar-refractivity contribution in [3.8, 4) is 11.3 Å². The van der Waals surface area contributed by atoms with Gasteiger partial charge in [0.25, 0.3) is 0 Å². The lowest BCUT2D eigenvalue weighted by molar-refractivity contribution is -0.127. The molecular weight excluding hydrogens is 420 g/mol. The highest BCUT2D eigenvalue weighted by Gasteiger charge is 2.39. The minimum Gasteiger partial charge on any atom is -0.352 e. The molecule has 1 saturated heterocycles. The van der Waals surface area contributed by atoms with Crippen LogP contribution in [0.5, 0.6) is 0 Å². The Balaban J connectivity index is 1.49. The van der Waals surface area contributed by atoms with Crippen LogP contribution in [0.25, 0.3) is 11.3 Å². The maximum absolute atomic E-state index is 13.5. The number of hydrogen-bond acceptors (Lipinski definition) is 4. The number of likely N-dealkylation sites (tertiary alicyclic amines) is 1. The van der Waals surface area contributed by atoms with E-state index >= 15 is 0 Å². The van der Waals surface area contributed by atoms with E-state index in [4.69, 9.17) is 9.97 Å². The Bertz CT molecular complexity index is 1100. The highest BCUT2D eigenvalue weighted by atomic mass is 16.2. The Morgan fingerprint density at radius 3 is 2.35 bits per heavy atom. The fourth-order valence-electron chi connectivity index (χ4n) is 5.52. The van der Waals surface area contributed by atoms with Crippen molar-refractivity contribution >= 4 is 5.91 Å². The first-order valence-corrected chi connectivity index (χ1v) is 12.7. The quantitative estimate of drug-likeness (QED) is 0.538. The third-order valence-electron chi connectivity index (χ3n) is 7.18. The summed E-state index contributed by atoms with van der Waals surface area (Å²) in [6.07, 6.45) is 7.79. The minimum atomic E-state index is -0.159. The van der Waals surface area contributed by atoms with Crippen LogP contribution in [0.2, 0.25) is 0 Å². The highest BCUT2D eigenvalue weighted by Crippen LogP contribution is 2.34. The number of carbonyl (C=O) groups excluding carboxylic acids is 1. The van der Waals surface area contributed by atoms with Crippen LogP contribution in [0.1, 0.15) is 68.1 Å². The lowest BCUT2D eigenvalue weighted by atomic mass is 9.95. The average Bonchev–Trinajstić information content (AvgIpc) is 3.35. The normalized spacial score (nSPS) is 20.2. The van der Waals surface area contributed by atoms with Crippen LogP contribution in [0.15, 0.2) is 66.7 Å². The molecule has 0 unspecified atom stereocenters. The Kier molecular flexibility index (Phi) is 7.00. The van der Waals surface area contributed by atoms with Gasteiger partial charge in [0.15, 0.2) is 5.82 Å². The molecule has 2 fully saturated rings. The Hall–Kier alpha value is -3.05. The van der Waals surface area contributed by atoms with E-state index in [9.17, 15) is 4.79 Å². The Labute approximate surface area is 202 Å². The third-order valence-corrected chi connectivity index (χ3v) is 7.18. The maximum Gasteiger partial charge on any atom is 0.237 e. The molecule has 3 aromatic rings. The molecule has 1 saturated carbocycles.